The lowest BCUT2D eigenvalue weighted by atomic mass is 10.1. The molecule has 0 radical (unpaired) electrons. The van der Waals surface area contributed by atoms with Crippen LogP contribution >= 0.6 is 0 Å². The van der Waals surface area contributed by atoms with Crippen molar-refractivity contribution in [3.8, 4) is 0 Å². The molecule has 0 aliphatic heterocycles. The third-order valence-corrected chi connectivity index (χ3v) is 5.24. The Kier molecular flexibility index (Phi) is 5.53. The Morgan fingerprint density at radius 3 is 2.04 bits per heavy atom. The van der Waals surface area contributed by atoms with Gasteiger partial charge < -0.3 is 5.32 Å². The van der Waals surface area contributed by atoms with Crippen molar-refractivity contribution in [1.29, 1.82) is 0 Å². The highest BCUT2D eigenvalue weighted by Crippen LogP contribution is 2.18. The molecule has 3 rings (SSSR count). The van der Waals surface area contributed by atoms with E-state index in [1.165, 1.54) is 17.7 Å². The second-order valence-corrected chi connectivity index (χ2v) is 7.48. The minimum atomic E-state index is -3.73. The van der Waals surface area contributed by atoms with Crippen molar-refractivity contribution in [1.82, 2.24) is 0 Å². The zero-order valence-electron chi connectivity index (χ0n) is 14.0. The molecule has 0 saturated heterocycles. The standard InChI is InChI=1S/C20H19FN2O2S/c21-17-6-12-20(13-7-17)26(24,25)23-19-10-8-18(9-11-19)22-15-14-16-4-2-1-3-5-16/h1-13,22-23H,14-15H2. The molecule has 6 heteroatoms. The number of benzene rings is 3. The second-order valence-electron chi connectivity index (χ2n) is 5.80. The van der Waals surface area contributed by atoms with Crippen LogP contribution in [-0.2, 0) is 16.4 Å². The summed E-state index contributed by atoms with van der Waals surface area (Å²) in [7, 11) is -3.73. The van der Waals surface area contributed by atoms with Gasteiger partial charge in [-0.25, -0.2) is 12.8 Å². The van der Waals surface area contributed by atoms with E-state index in [-0.39, 0.29) is 4.90 Å². The largest absolute Gasteiger partial charge is 0.385 e. The second kappa shape index (κ2) is 8.01. The van der Waals surface area contributed by atoms with Crippen molar-refractivity contribution >= 4 is 21.4 Å². The molecule has 0 amide bonds. The molecule has 3 aromatic carbocycles. The fourth-order valence-corrected chi connectivity index (χ4v) is 3.54. The minimum absolute atomic E-state index is 0.0176. The van der Waals surface area contributed by atoms with E-state index < -0.39 is 15.8 Å². The van der Waals surface area contributed by atoms with Gasteiger partial charge in [-0.3, -0.25) is 4.72 Å². The molecule has 0 saturated carbocycles. The van der Waals surface area contributed by atoms with E-state index in [4.69, 9.17) is 0 Å². The van der Waals surface area contributed by atoms with Crippen molar-refractivity contribution in [2.75, 3.05) is 16.6 Å². The van der Waals surface area contributed by atoms with Crippen LogP contribution in [0.2, 0.25) is 0 Å². The molecule has 0 atom stereocenters. The normalized spacial score (nSPS) is 11.1. The van der Waals surface area contributed by atoms with E-state index >= 15 is 0 Å². The molecule has 26 heavy (non-hydrogen) atoms. The Bertz CT molecular complexity index is 941. The monoisotopic (exact) mass is 370 g/mol. The van der Waals surface area contributed by atoms with E-state index in [0.29, 0.717) is 5.69 Å². The summed E-state index contributed by atoms with van der Waals surface area (Å²) in [5.74, 6) is -0.477. The van der Waals surface area contributed by atoms with Crippen molar-refractivity contribution in [3.63, 3.8) is 0 Å². The maximum absolute atomic E-state index is 12.9. The first-order valence-corrected chi connectivity index (χ1v) is 9.67. The summed E-state index contributed by atoms with van der Waals surface area (Å²) in [6, 6.07) is 21.9. The lowest BCUT2D eigenvalue weighted by molar-refractivity contribution is 0.599. The maximum Gasteiger partial charge on any atom is 0.261 e. The quantitative estimate of drug-likeness (QED) is 0.653. The van der Waals surface area contributed by atoms with Crippen LogP contribution < -0.4 is 10.0 Å². The third-order valence-electron chi connectivity index (χ3n) is 3.85. The molecule has 0 aromatic heterocycles. The predicted molar refractivity (Wildman–Crippen MR) is 102 cm³/mol. The van der Waals surface area contributed by atoms with E-state index in [9.17, 15) is 12.8 Å². The average molecular weight is 370 g/mol. The Balaban J connectivity index is 1.58. The van der Waals surface area contributed by atoms with E-state index in [1.807, 2.05) is 30.3 Å². The number of rotatable bonds is 7. The van der Waals surface area contributed by atoms with Crippen molar-refractivity contribution in [2.45, 2.75) is 11.3 Å². The van der Waals surface area contributed by atoms with Crippen LogP contribution in [0.3, 0.4) is 0 Å². The summed E-state index contributed by atoms with van der Waals surface area (Å²) in [5, 5.41) is 3.30. The van der Waals surface area contributed by atoms with Gasteiger partial charge in [0.25, 0.3) is 10.0 Å². The first kappa shape index (κ1) is 17.9. The number of hydrogen-bond acceptors (Lipinski definition) is 3. The predicted octanol–water partition coefficient (Wildman–Crippen LogP) is 4.28. The first-order valence-electron chi connectivity index (χ1n) is 8.19. The number of nitrogens with one attached hydrogen (secondary N) is 2. The van der Waals surface area contributed by atoms with E-state index in [0.717, 1.165) is 30.8 Å². The number of halogens is 1. The molecule has 0 heterocycles. The van der Waals surface area contributed by atoms with E-state index in [2.05, 4.69) is 22.2 Å². The highest BCUT2D eigenvalue weighted by Gasteiger charge is 2.13. The number of hydrogen-bond donors (Lipinski definition) is 2. The summed E-state index contributed by atoms with van der Waals surface area (Å²) in [6.07, 6.45) is 0.903. The van der Waals surface area contributed by atoms with Crippen molar-refractivity contribution in [2.24, 2.45) is 0 Å². The Morgan fingerprint density at radius 1 is 0.769 bits per heavy atom. The van der Waals surface area contributed by atoms with Gasteiger partial charge >= 0.3 is 0 Å². The number of sulfonamides is 1. The maximum atomic E-state index is 12.9. The molecule has 0 bridgehead atoms. The van der Waals surface area contributed by atoms with Gasteiger partial charge in [-0.1, -0.05) is 30.3 Å². The van der Waals surface area contributed by atoms with Crippen LogP contribution in [0.25, 0.3) is 0 Å². The Morgan fingerprint density at radius 2 is 1.38 bits per heavy atom. The molecule has 0 aliphatic carbocycles. The summed E-state index contributed by atoms with van der Waals surface area (Å²) >= 11 is 0. The summed E-state index contributed by atoms with van der Waals surface area (Å²) in [5.41, 5.74) is 2.61. The molecule has 0 spiro atoms. The topological polar surface area (TPSA) is 58.2 Å². The molecule has 4 nitrogen and oxygen atoms in total. The van der Waals surface area contributed by atoms with Crippen molar-refractivity contribution < 1.29 is 12.8 Å². The molecule has 3 aromatic rings. The van der Waals surface area contributed by atoms with Gasteiger partial charge in [-0.05, 0) is 60.5 Å². The van der Waals surface area contributed by atoms with Gasteiger partial charge in [0.05, 0.1) is 4.90 Å². The molecule has 0 unspecified atom stereocenters. The van der Waals surface area contributed by atoms with Crippen LogP contribution in [0, 0.1) is 5.82 Å². The highest BCUT2D eigenvalue weighted by molar-refractivity contribution is 7.92. The lowest BCUT2D eigenvalue weighted by Crippen LogP contribution is -2.13. The zero-order valence-corrected chi connectivity index (χ0v) is 14.8. The molecule has 0 fully saturated rings. The SMILES string of the molecule is O=S(=O)(Nc1ccc(NCCc2ccccc2)cc1)c1ccc(F)cc1. The van der Waals surface area contributed by atoms with E-state index in [1.54, 1.807) is 12.1 Å². The average Bonchev–Trinajstić information content (AvgIpc) is 2.64. The van der Waals surface area contributed by atoms with Crippen LogP contribution in [0.4, 0.5) is 15.8 Å². The molecular formula is C20H19FN2O2S. The molecule has 134 valence electrons. The fourth-order valence-electron chi connectivity index (χ4n) is 2.48. The van der Waals surface area contributed by atoms with Gasteiger partial charge in [0, 0.05) is 17.9 Å². The van der Waals surface area contributed by atoms with Crippen LogP contribution in [0.15, 0.2) is 83.8 Å². The third kappa shape index (κ3) is 4.83. The molecule has 2 N–H and O–H groups in total. The zero-order chi connectivity index (χ0) is 18.4. The Hall–Kier alpha value is -2.86. The fraction of sp³-hybridized carbons (Fsp3) is 0.100. The van der Waals surface area contributed by atoms with Gasteiger partial charge in [0.15, 0.2) is 0 Å². The van der Waals surface area contributed by atoms with Gasteiger partial charge in [-0.15, -0.1) is 0 Å². The lowest BCUT2D eigenvalue weighted by Gasteiger charge is -2.10. The molecular weight excluding hydrogens is 351 g/mol. The van der Waals surface area contributed by atoms with Crippen LogP contribution in [0.5, 0.6) is 0 Å². The van der Waals surface area contributed by atoms with Gasteiger partial charge in [0.1, 0.15) is 5.82 Å². The van der Waals surface area contributed by atoms with Gasteiger partial charge in [0.2, 0.25) is 0 Å². The van der Waals surface area contributed by atoms with Crippen molar-refractivity contribution in [3.05, 3.63) is 90.2 Å². The summed E-state index contributed by atoms with van der Waals surface area (Å²) < 4.78 is 40.0. The Labute approximate surface area is 152 Å². The van der Waals surface area contributed by atoms with Crippen LogP contribution in [-0.4, -0.2) is 15.0 Å². The smallest absolute Gasteiger partial charge is 0.261 e. The summed E-state index contributed by atoms with van der Waals surface area (Å²) in [6.45, 7) is 0.782. The number of anilines is 2. The highest BCUT2D eigenvalue weighted by atomic mass is 32.2. The first-order chi connectivity index (χ1) is 12.5. The molecule has 0 aliphatic rings. The minimum Gasteiger partial charge on any atom is -0.385 e. The van der Waals surface area contributed by atoms with Gasteiger partial charge in [-0.2, -0.15) is 0 Å². The van der Waals surface area contributed by atoms with Crippen LogP contribution in [0.1, 0.15) is 5.56 Å². The summed E-state index contributed by atoms with van der Waals surface area (Å²) in [4.78, 5) is 0.0176.